The van der Waals surface area contributed by atoms with Gasteiger partial charge in [0.05, 0.1) is 5.56 Å². The molecule has 0 aliphatic heterocycles. The van der Waals surface area contributed by atoms with Gasteiger partial charge in [0.1, 0.15) is 16.5 Å². The second kappa shape index (κ2) is 6.50. The third-order valence-electron chi connectivity index (χ3n) is 2.97. The van der Waals surface area contributed by atoms with E-state index in [0.29, 0.717) is 22.9 Å². The Kier molecular flexibility index (Phi) is 4.71. The molecule has 0 unspecified atom stereocenters. The van der Waals surface area contributed by atoms with Gasteiger partial charge in [0.2, 0.25) is 0 Å². The van der Waals surface area contributed by atoms with Crippen LogP contribution in [0.4, 0.5) is 0 Å². The predicted octanol–water partition coefficient (Wildman–Crippen LogP) is 2.96. The highest BCUT2D eigenvalue weighted by Crippen LogP contribution is 2.29. The second-order valence-electron chi connectivity index (χ2n) is 4.55. The lowest BCUT2D eigenvalue weighted by atomic mass is 10.1. The molecule has 0 atom stereocenters. The molecular formula is C16H17NO2S. The summed E-state index contributed by atoms with van der Waals surface area (Å²) in [4.78, 5) is 0.309. The number of nitrogens with two attached hydrogens (primary N) is 1. The van der Waals surface area contributed by atoms with Crippen LogP contribution < -0.4 is 10.5 Å². The molecule has 0 bridgehead atoms. The molecule has 3 nitrogen and oxygen atoms in total. The number of aliphatic hydroxyl groups is 1. The Hall–Kier alpha value is -1.91. The van der Waals surface area contributed by atoms with Gasteiger partial charge in [-0.05, 0) is 37.1 Å². The smallest absolute Gasteiger partial charge is 0.137 e. The zero-order valence-electron chi connectivity index (χ0n) is 11.3. The zero-order chi connectivity index (χ0) is 14.5. The van der Waals surface area contributed by atoms with Gasteiger partial charge < -0.3 is 15.6 Å². The van der Waals surface area contributed by atoms with E-state index in [4.69, 9.17) is 27.8 Å². The van der Waals surface area contributed by atoms with Crippen LogP contribution in [0.2, 0.25) is 0 Å². The van der Waals surface area contributed by atoms with Crippen LogP contribution in [0.1, 0.15) is 16.7 Å². The molecule has 2 aromatic rings. The summed E-state index contributed by atoms with van der Waals surface area (Å²) in [5, 5.41) is 9.09. The lowest BCUT2D eigenvalue weighted by Crippen LogP contribution is -2.11. The van der Waals surface area contributed by atoms with Gasteiger partial charge in [-0.15, -0.1) is 0 Å². The van der Waals surface area contributed by atoms with Crippen LogP contribution in [-0.4, -0.2) is 16.7 Å². The Labute approximate surface area is 124 Å². The minimum Gasteiger partial charge on any atom is -0.456 e. The van der Waals surface area contributed by atoms with Gasteiger partial charge in [0.25, 0.3) is 0 Å². The third-order valence-corrected chi connectivity index (χ3v) is 3.19. The highest BCUT2D eigenvalue weighted by Gasteiger charge is 2.10. The van der Waals surface area contributed by atoms with Crippen molar-refractivity contribution in [3.63, 3.8) is 0 Å². The largest absolute Gasteiger partial charge is 0.456 e. The van der Waals surface area contributed by atoms with E-state index < -0.39 is 0 Å². The highest BCUT2D eigenvalue weighted by molar-refractivity contribution is 7.80. The summed E-state index contributed by atoms with van der Waals surface area (Å²) >= 11 is 5.07. The fraction of sp³-hybridized carbons (Fsp3) is 0.188. The predicted molar refractivity (Wildman–Crippen MR) is 84.4 cm³/mol. The summed E-state index contributed by atoms with van der Waals surface area (Å²) in [6.45, 7) is 2.06. The molecule has 2 rings (SSSR count). The van der Waals surface area contributed by atoms with Crippen molar-refractivity contribution in [2.24, 2.45) is 5.73 Å². The highest BCUT2D eigenvalue weighted by atomic mass is 32.1. The van der Waals surface area contributed by atoms with Gasteiger partial charge in [0.15, 0.2) is 0 Å². The number of hydrogen-bond acceptors (Lipinski definition) is 3. The average molecular weight is 287 g/mol. The van der Waals surface area contributed by atoms with Crippen LogP contribution in [0, 0.1) is 6.92 Å². The summed E-state index contributed by atoms with van der Waals surface area (Å²) in [7, 11) is 0. The van der Waals surface area contributed by atoms with E-state index >= 15 is 0 Å². The number of para-hydroxylation sites is 1. The van der Waals surface area contributed by atoms with Gasteiger partial charge >= 0.3 is 0 Å². The van der Waals surface area contributed by atoms with Crippen molar-refractivity contribution in [2.45, 2.75) is 13.3 Å². The van der Waals surface area contributed by atoms with E-state index in [0.717, 1.165) is 16.7 Å². The molecule has 0 aliphatic rings. The first-order valence-electron chi connectivity index (χ1n) is 6.39. The Balaban J connectivity index is 2.37. The first-order valence-corrected chi connectivity index (χ1v) is 6.79. The van der Waals surface area contributed by atoms with E-state index in [1.807, 2.05) is 49.4 Å². The summed E-state index contributed by atoms with van der Waals surface area (Å²) in [5.41, 5.74) is 8.49. The third kappa shape index (κ3) is 3.35. The molecule has 20 heavy (non-hydrogen) atoms. The maximum absolute atomic E-state index is 9.09. The number of rotatable bonds is 5. The van der Waals surface area contributed by atoms with Gasteiger partial charge in [-0.25, -0.2) is 0 Å². The lowest BCUT2D eigenvalue weighted by Gasteiger charge is -2.14. The number of hydrogen-bond donors (Lipinski definition) is 2. The molecule has 0 saturated carbocycles. The number of ether oxygens (including phenoxy) is 1. The fourth-order valence-electron chi connectivity index (χ4n) is 1.97. The monoisotopic (exact) mass is 287 g/mol. The molecule has 0 heterocycles. The van der Waals surface area contributed by atoms with Crippen LogP contribution in [0.3, 0.4) is 0 Å². The molecule has 4 heteroatoms. The van der Waals surface area contributed by atoms with Crippen molar-refractivity contribution >= 4 is 17.2 Å². The van der Waals surface area contributed by atoms with Crippen molar-refractivity contribution in [3.8, 4) is 11.5 Å². The summed E-state index contributed by atoms with van der Waals surface area (Å²) < 4.78 is 5.93. The maximum atomic E-state index is 9.09. The standard InChI is InChI=1S/C16H17NO2S/c1-11-6-7-15(13(10-11)16(17)20)19-14-5-3-2-4-12(14)8-9-18/h2-7,10,18H,8-9H2,1H3,(H2,17,20). The van der Waals surface area contributed by atoms with Crippen LogP contribution in [0.5, 0.6) is 11.5 Å². The molecule has 0 fully saturated rings. The van der Waals surface area contributed by atoms with E-state index in [2.05, 4.69) is 0 Å². The first kappa shape index (κ1) is 14.5. The molecule has 0 amide bonds. The molecular weight excluding hydrogens is 270 g/mol. The molecule has 0 spiro atoms. The van der Waals surface area contributed by atoms with E-state index in [1.165, 1.54) is 0 Å². The zero-order valence-corrected chi connectivity index (χ0v) is 12.1. The SMILES string of the molecule is Cc1ccc(Oc2ccccc2CCO)c(C(N)=S)c1. The van der Waals surface area contributed by atoms with Gasteiger partial charge in [0, 0.05) is 6.61 Å². The minimum atomic E-state index is 0.0798. The summed E-state index contributed by atoms with van der Waals surface area (Å²) in [5.74, 6) is 1.34. The number of benzene rings is 2. The Morgan fingerprint density at radius 1 is 1.20 bits per heavy atom. The van der Waals surface area contributed by atoms with Crippen LogP contribution in [0.25, 0.3) is 0 Å². The summed E-state index contributed by atoms with van der Waals surface area (Å²) in [6.07, 6.45) is 0.546. The molecule has 3 N–H and O–H groups in total. The minimum absolute atomic E-state index is 0.0798. The fourth-order valence-corrected chi connectivity index (χ4v) is 2.13. The van der Waals surface area contributed by atoms with Crippen LogP contribution >= 0.6 is 12.2 Å². The molecule has 0 radical (unpaired) electrons. The quantitative estimate of drug-likeness (QED) is 0.830. The molecule has 0 saturated heterocycles. The number of aliphatic hydroxyl groups excluding tert-OH is 1. The van der Waals surface area contributed by atoms with Crippen molar-refractivity contribution in [2.75, 3.05) is 6.61 Å². The lowest BCUT2D eigenvalue weighted by molar-refractivity contribution is 0.298. The van der Waals surface area contributed by atoms with Gasteiger partial charge in [-0.2, -0.15) is 0 Å². The topological polar surface area (TPSA) is 55.5 Å². The molecule has 0 aliphatic carbocycles. The summed E-state index contributed by atoms with van der Waals surface area (Å²) in [6, 6.07) is 13.3. The van der Waals surface area contributed by atoms with Crippen molar-refractivity contribution in [1.82, 2.24) is 0 Å². The number of thiocarbonyl (C=S) groups is 1. The van der Waals surface area contributed by atoms with Crippen LogP contribution in [-0.2, 0) is 6.42 Å². The number of aryl methyl sites for hydroxylation is 1. The van der Waals surface area contributed by atoms with Crippen molar-refractivity contribution < 1.29 is 9.84 Å². The Morgan fingerprint density at radius 3 is 2.65 bits per heavy atom. The molecule has 2 aromatic carbocycles. The van der Waals surface area contributed by atoms with E-state index in [-0.39, 0.29) is 6.61 Å². The average Bonchev–Trinajstić information content (AvgIpc) is 2.43. The van der Waals surface area contributed by atoms with Crippen molar-refractivity contribution in [1.29, 1.82) is 0 Å². The molecule has 104 valence electrons. The van der Waals surface area contributed by atoms with Crippen molar-refractivity contribution in [3.05, 3.63) is 59.2 Å². The second-order valence-corrected chi connectivity index (χ2v) is 4.99. The Morgan fingerprint density at radius 2 is 1.95 bits per heavy atom. The van der Waals surface area contributed by atoms with Gasteiger partial charge in [-0.3, -0.25) is 0 Å². The maximum Gasteiger partial charge on any atom is 0.137 e. The van der Waals surface area contributed by atoms with Gasteiger partial charge in [-0.1, -0.05) is 42.0 Å². The molecule has 0 aromatic heterocycles. The van der Waals surface area contributed by atoms with E-state index in [1.54, 1.807) is 0 Å². The van der Waals surface area contributed by atoms with E-state index in [9.17, 15) is 0 Å². The van der Waals surface area contributed by atoms with Crippen LogP contribution in [0.15, 0.2) is 42.5 Å². The Bertz CT molecular complexity index is 626. The normalized spacial score (nSPS) is 10.3. The first-order chi connectivity index (χ1) is 9.61.